The number of aliphatic hydroxyl groups excluding tert-OH is 1. The first-order valence-electron chi connectivity index (χ1n) is 6.39. The second-order valence-electron chi connectivity index (χ2n) is 4.69. The van der Waals surface area contributed by atoms with Gasteiger partial charge in [-0.05, 0) is 36.2 Å². The Morgan fingerprint density at radius 3 is 2.82 bits per heavy atom. The predicted octanol–water partition coefficient (Wildman–Crippen LogP) is 2.82. The average molecular weight is 347 g/mol. The zero-order valence-corrected chi connectivity index (χ0v) is 13.1. The Morgan fingerprint density at radius 1 is 1.50 bits per heavy atom. The molecule has 5 nitrogen and oxygen atoms in total. The van der Waals surface area contributed by atoms with E-state index >= 15 is 0 Å². The zero-order valence-electron chi connectivity index (χ0n) is 11.6. The summed E-state index contributed by atoms with van der Waals surface area (Å²) in [5, 5.41) is 16.1. The molecule has 0 spiro atoms. The van der Waals surface area contributed by atoms with Crippen LogP contribution in [0.25, 0.3) is 0 Å². The Bertz CT molecular complexity index is 671. The Balaban J connectivity index is 1.92. The first-order chi connectivity index (χ1) is 10.4. The second-order valence-corrected chi connectivity index (χ2v) is 5.44. The minimum absolute atomic E-state index is 0.0180. The average Bonchev–Trinajstić information content (AvgIpc) is 2.79. The summed E-state index contributed by atoms with van der Waals surface area (Å²) in [6.45, 7) is 1.60. The highest BCUT2D eigenvalue weighted by atomic mass is 35.5. The van der Waals surface area contributed by atoms with E-state index < -0.39 is 11.9 Å². The lowest BCUT2D eigenvalue weighted by Gasteiger charge is -2.12. The Kier molecular flexibility index (Phi) is 5.39. The number of aromatic nitrogens is 1. The molecule has 118 valence electrons. The maximum absolute atomic E-state index is 13.3. The van der Waals surface area contributed by atoms with E-state index in [-0.39, 0.29) is 29.1 Å². The number of halogens is 3. The van der Waals surface area contributed by atoms with Crippen LogP contribution in [0.15, 0.2) is 22.7 Å². The number of nitrogens with one attached hydrogen (secondary N) is 1. The van der Waals surface area contributed by atoms with Crippen LogP contribution in [0.5, 0.6) is 0 Å². The van der Waals surface area contributed by atoms with Gasteiger partial charge in [0.2, 0.25) is 11.1 Å². The monoisotopic (exact) mass is 346 g/mol. The highest BCUT2D eigenvalue weighted by Gasteiger charge is 2.16. The highest BCUT2D eigenvalue weighted by molar-refractivity contribution is 6.30. The molecular formula is C14H13Cl2FN2O3. The van der Waals surface area contributed by atoms with Gasteiger partial charge >= 0.3 is 0 Å². The molecule has 0 aliphatic carbocycles. The molecule has 1 unspecified atom stereocenters. The minimum Gasteiger partial charge on any atom is -0.387 e. The van der Waals surface area contributed by atoms with Crippen LogP contribution in [-0.2, 0) is 11.2 Å². The molecule has 1 atom stereocenters. The van der Waals surface area contributed by atoms with Crippen molar-refractivity contribution in [3.63, 3.8) is 0 Å². The molecule has 0 saturated heterocycles. The molecule has 22 heavy (non-hydrogen) atoms. The summed E-state index contributed by atoms with van der Waals surface area (Å²) in [5.41, 5.74) is 1.34. The van der Waals surface area contributed by atoms with Crippen LogP contribution in [0.4, 0.5) is 4.39 Å². The molecule has 8 heteroatoms. The van der Waals surface area contributed by atoms with Crippen molar-refractivity contribution in [2.75, 3.05) is 6.54 Å². The van der Waals surface area contributed by atoms with Crippen LogP contribution in [0.1, 0.15) is 22.9 Å². The van der Waals surface area contributed by atoms with Crippen LogP contribution in [0.2, 0.25) is 10.2 Å². The SMILES string of the molecule is Cc1noc(Cl)c1CC(=O)NCC(O)c1ccc(Cl)c(F)c1. The largest absolute Gasteiger partial charge is 0.387 e. The van der Waals surface area contributed by atoms with Crippen LogP contribution in [0, 0.1) is 12.7 Å². The van der Waals surface area contributed by atoms with Gasteiger partial charge in [-0.3, -0.25) is 4.79 Å². The minimum atomic E-state index is -1.05. The summed E-state index contributed by atoms with van der Waals surface area (Å²) in [7, 11) is 0. The Hall–Kier alpha value is -1.63. The van der Waals surface area contributed by atoms with Gasteiger partial charge in [-0.25, -0.2) is 4.39 Å². The molecular weight excluding hydrogens is 334 g/mol. The molecule has 0 bridgehead atoms. The van der Waals surface area contributed by atoms with Crippen molar-refractivity contribution < 1.29 is 18.8 Å². The van der Waals surface area contributed by atoms with E-state index in [1.54, 1.807) is 6.92 Å². The van der Waals surface area contributed by atoms with Gasteiger partial charge in [0.05, 0.1) is 23.2 Å². The number of aliphatic hydroxyl groups is 1. The third-order valence-corrected chi connectivity index (χ3v) is 3.70. The number of carbonyl (C=O) groups excluding carboxylic acids is 1. The maximum atomic E-state index is 13.3. The van der Waals surface area contributed by atoms with Crippen molar-refractivity contribution in [2.45, 2.75) is 19.4 Å². The van der Waals surface area contributed by atoms with E-state index in [0.29, 0.717) is 16.8 Å². The quantitative estimate of drug-likeness (QED) is 0.872. The summed E-state index contributed by atoms with van der Waals surface area (Å²) in [5.74, 6) is -0.988. The van der Waals surface area contributed by atoms with Crippen LogP contribution in [-0.4, -0.2) is 22.7 Å². The zero-order chi connectivity index (χ0) is 16.3. The number of rotatable bonds is 5. The van der Waals surface area contributed by atoms with Crippen molar-refractivity contribution >= 4 is 29.1 Å². The fourth-order valence-electron chi connectivity index (χ4n) is 1.83. The molecule has 1 aromatic heterocycles. The van der Waals surface area contributed by atoms with Crippen LogP contribution < -0.4 is 5.32 Å². The summed E-state index contributed by atoms with van der Waals surface area (Å²) in [6, 6.07) is 3.96. The van der Waals surface area contributed by atoms with Crippen LogP contribution in [0.3, 0.4) is 0 Å². The van der Waals surface area contributed by atoms with Crippen molar-refractivity contribution in [2.24, 2.45) is 0 Å². The van der Waals surface area contributed by atoms with Gasteiger partial charge in [0.1, 0.15) is 5.82 Å². The first-order valence-corrected chi connectivity index (χ1v) is 7.14. The fraction of sp³-hybridized carbons (Fsp3) is 0.286. The molecule has 0 saturated carbocycles. The summed E-state index contributed by atoms with van der Waals surface area (Å²) >= 11 is 11.3. The number of aryl methyl sites for hydroxylation is 1. The molecule has 2 rings (SSSR count). The Morgan fingerprint density at radius 2 is 2.23 bits per heavy atom. The smallest absolute Gasteiger partial charge is 0.229 e. The molecule has 1 amide bonds. The lowest BCUT2D eigenvalue weighted by atomic mass is 10.1. The lowest BCUT2D eigenvalue weighted by Crippen LogP contribution is -2.29. The van der Waals surface area contributed by atoms with Gasteiger partial charge in [0.25, 0.3) is 0 Å². The third-order valence-electron chi connectivity index (χ3n) is 3.10. The molecule has 1 aromatic carbocycles. The van der Waals surface area contributed by atoms with E-state index in [4.69, 9.17) is 27.7 Å². The van der Waals surface area contributed by atoms with Crippen molar-refractivity contribution in [1.82, 2.24) is 10.5 Å². The Labute approximate surface area is 136 Å². The number of benzene rings is 1. The molecule has 2 N–H and O–H groups in total. The topological polar surface area (TPSA) is 75.4 Å². The first kappa shape index (κ1) is 16.7. The van der Waals surface area contributed by atoms with E-state index in [9.17, 15) is 14.3 Å². The van der Waals surface area contributed by atoms with Gasteiger partial charge in [-0.1, -0.05) is 22.8 Å². The van der Waals surface area contributed by atoms with E-state index in [1.165, 1.54) is 12.1 Å². The third kappa shape index (κ3) is 3.97. The number of amides is 1. The van der Waals surface area contributed by atoms with Gasteiger partial charge in [-0.15, -0.1) is 0 Å². The van der Waals surface area contributed by atoms with Crippen molar-refractivity contribution in [1.29, 1.82) is 0 Å². The number of hydrogen-bond donors (Lipinski definition) is 2. The predicted molar refractivity (Wildman–Crippen MR) is 79.3 cm³/mol. The molecule has 0 fully saturated rings. The normalized spacial score (nSPS) is 12.2. The molecule has 0 aliphatic heterocycles. The van der Waals surface area contributed by atoms with Crippen molar-refractivity contribution in [3.8, 4) is 0 Å². The van der Waals surface area contributed by atoms with Gasteiger partial charge in [-0.2, -0.15) is 0 Å². The van der Waals surface area contributed by atoms with Gasteiger partial charge in [0.15, 0.2) is 0 Å². The highest BCUT2D eigenvalue weighted by Crippen LogP contribution is 2.21. The van der Waals surface area contributed by atoms with Gasteiger partial charge in [0, 0.05) is 12.1 Å². The van der Waals surface area contributed by atoms with E-state index in [2.05, 4.69) is 10.5 Å². The lowest BCUT2D eigenvalue weighted by molar-refractivity contribution is -0.120. The van der Waals surface area contributed by atoms with Gasteiger partial charge < -0.3 is 14.9 Å². The number of hydrogen-bond acceptors (Lipinski definition) is 4. The molecule has 1 heterocycles. The summed E-state index contributed by atoms with van der Waals surface area (Å²) in [6.07, 6.45) is -1.06. The van der Waals surface area contributed by atoms with Crippen LogP contribution >= 0.6 is 23.2 Å². The summed E-state index contributed by atoms with van der Waals surface area (Å²) in [4.78, 5) is 11.8. The molecule has 0 aliphatic rings. The second kappa shape index (κ2) is 7.09. The fourth-order valence-corrected chi connectivity index (χ4v) is 2.19. The molecule has 2 aromatic rings. The molecule has 0 radical (unpaired) electrons. The maximum Gasteiger partial charge on any atom is 0.229 e. The summed E-state index contributed by atoms with van der Waals surface area (Å²) < 4.78 is 18.1. The number of nitrogens with zero attached hydrogens (tertiary/aromatic N) is 1. The standard InChI is InChI=1S/C14H13Cl2FN2O3/c1-7-9(14(16)22-19-7)5-13(21)18-6-12(20)8-2-3-10(15)11(17)4-8/h2-4,12,20H,5-6H2,1H3,(H,18,21). The van der Waals surface area contributed by atoms with E-state index in [0.717, 1.165) is 6.07 Å². The van der Waals surface area contributed by atoms with Crippen molar-refractivity contribution in [3.05, 3.63) is 51.1 Å². The number of carbonyl (C=O) groups is 1. The van der Waals surface area contributed by atoms with E-state index in [1.807, 2.05) is 0 Å².